The zero-order valence-corrected chi connectivity index (χ0v) is 16.4. The normalized spacial score (nSPS) is 16.7. The third kappa shape index (κ3) is 5.21. The zero-order valence-electron chi connectivity index (χ0n) is 15.6. The summed E-state index contributed by atoms with van der Waals surface area (Å²) in [5, 5.41) is 7.04. The lowest BCUT2D eigenvalue weighted by molar-refractivity contribution is -0.121. The van der Waals surface area contributed by atoms with Crippen molar-refractivity contribution in [3.05, 3.63) is 58.9 Å². The van der Waals surface area contributed by atoms with Crippen LogP contribution in [0.15, 0.2) is 42.5 Å². The number of likely N-dealkylation sites (tertiary alicyclic amines) is 1. The van der Waals surface area contributed by atoms with E-state index in [-0.39, 0.29) is 17.8 Å². The highest BCUT2D eigenvalue weighted by atomic mass is 35.5. The van der Waals surface area contributed by atoms with Crippen molar-refractivity contribution < 1.29 is 9.18 Å². The van der Waals surface area contributed by atoms with E-state index in [2.05, 4.69) is 15.5 Å². The molecule has 0 saturated carbocycles. The maximum Gasteiger partial charge on any atom is 0.241 e. The molecule has 4 nitrogen and oxygen atoms in total. The molecule has 1 aliphatic rings. The molecule has 1 fully saturated rings. The number of amides is 1. The van der Waals surface area contributed by atoms with Crippen LogP contribution in [-0.4, -0.2) is 36.0 Å². The third-order valence-electron chi connectivity index (χ3n) is 5.13. The summed E-state index contributed by atoms with van der Waals surface area (Å²) in [5.41, 5.74) is 2.67. The van der Waals surface area contributed by atoms with Crippen LogP contribution >= 0.6 is 11.6 Å². The summed E-state index contributed by atoms with van der Waals surface area (Å²) in [7, 11) is 0. The molecule has 2 aromatic rings. The van der Waals surface area contributed by atoms with Gasteiger partial charge in [0.1, 0.15) is 5.82 Å². The summed E-state index contributed by atoms with van der Waals surface area (Å²) in [6.45, 7) is 5.55. The van der Waals surface area contributed by atoms with Crippen LogP contribution in [0.5, 0.6) is 0 Å². The van der Waals surface area contributed by atoms with Crippen molar-refractivity contribution in [2.24, 2.45) is 0 Å². The van der Waals surface area contributed by atoms with Gasteiger partial charge in [-0.15, -0.1) is 0 Å². The Kier molecular flexibility index (Phi) is 6.34. The predicted octanol–water partition coefficient (Wildman–Crippen LogP) is 4.69. The van der Waals surface area contributed by atoms with Crippen LogP contribution in [0.1, 0.15) is 25.3 Å². The predicted molar refractivity (Wildman–Crippen MR) is 109 cm³/mol. The molecule has 0 aromatic heterocycles. The maximum absolute atomic E-state index is 13.0. The highest BCUT2D eigenvalue weighted by molar-refractivity contribution is 6.31. The Hall–Kier alpha value is -2.11. The van der Waals surface area contributed by atoms with E-state index < -0.39 is 0 Å². The summed E-state index contributed by atoms with van der Waals surface area (Å²) < 4.78 is 13.0. The van der Waals surface area contributed by atoms with Crippen molar-refractivity contribution in [2.45, 2.75) is 38.8 Å². The lowest BCUT2D eigenvalue weighted by atomic mass is 10.0. The first-order chi connectivity index (χ1) is 12.9. The fourth-order valence-corrected chi connectivity index (χ4v) is 3.52. The number of carbonyl (C=O) groups excluding carboxylic acids is 1. The van der Waals surface area contributed by atoms with E-state index in [1.54, 1.807) is 18.2 Å². The second-order valence-electron chi connectivity index (χ2n) is 7.09. The SMILES string of the molecule is Cc1ccc(Cl)cc1NC(=O)C(C)N1CCC(Nc2ccc(F)cc2)CC1. The van der Waals surface area contributed by atoms with Gasteiger partial charge in [-0.05, 0) is 68.7 Å². The van der Waals surface area contributed by atoms with Gasteiger partial charge in [-0.25, -0.2) is 4.39 Å². The molecule has 1 amide bonds. The number of benzene rings is 2. The van der Waals surface area contributed by atoms with Crippen molar-refractivity contribution >= 4 is 28.9 Å². The lowest BCUT2D eigenvalue weighted by Crippen LogP contribution is -2.48. The van der Waals surface area contributed by atoms with Crippen molar-refractivity contribution in [1.29, 1.82) is 0 Å². The van der Waals surface area contributed by atoms with Crippen LogP contribution in [0.2, 0.25) is 5.02 Å². The molecule has 3 rings (SSSR count). The van der Waals surface area contributed by atoms with Gasteiger partial charge in [-0.2, -0.15) is 0 Å². The molecule has 1 atom stereocenters. The van der Waals surface area contributed by atoms with Crippen LogP contribution in [-0.2, 0) is 4.79 Å². The average Bonchev–Trinajstić information content (AvgIpc) is 2.66. The minimum Gasteiger partial charge on any atom is -0.382 e. The van der Waals surface area contributed by atoms with Crippen LogP contribution in [0, 0.1) is 12.7 Å². The summed E-state index contributed by atoms with van der Waals surface area (Å²) in [6.07, 6.45) is 1.87. The number of piperidine rings is 1. The van der Waals surface area contributed by atoms with Crippen molar-refractivity contribution in [2.75, 3.05) is 23.7 Å². The Labute approximate surface area is 164 Å². The zero-order chi connectivity index (χ0) is 19.4. The maximum atomic E-state index is 13.0. The lowest BCUT2D eigenvalue weighted by Gasteiger charge is -2.36. The van der Waals surface area contributed by atoms with Crippen molar-refractivity contribution in [3.8, 4) is 0 Å². The fourth-order valence-electron chi connectivity index (χ4n) is 3.34. The van der Waals surface area contributed by atoms with Gasteiger partial charge in [0.25, 0.3) is 0 Å². The molecule has 2 N–H and O–H groups in total. The quantitative estimate of drug-likeness (QED) is 0.779. The van der Waals surface area contributed by atoms with Gasteiger partial charge in [0.2, 0.25) is 5.91 Å². The summed E-state index contributed by atoms with van der Waals surface area (Å²) in [4.78, 5) is 14.8. The number of aryl methyl sites for hydroxylation is 1. The molecule has 0 spiro atoms. The number of nitrogens with one attached hydrogen (secondary N) is 2. The fraction of sp³-hybridized carbons (Fsp3) is 0.381. The molecule has 6 heteroatoms. The van der Waals surface area contributed by atoms with Crippen LogP contribution in [0.4, 0.5) is 15.8 Å². The van der Waals surface area contributed by atoms with Crippen LogP contribution in [0.25, 0.3) is 0 Å². The second-order valence-corrected chi connectivity index (χ2v) is 7.52. The molecular weight excluding hydrogens is 365 g/mol. The first-order valence-corrected chi connectivity index (χ1v) is 9.63. The van der Waals surface area contributed by atoms with E-state index in [1.807, 2.05) is 26.0 Å². The molecule has 0 bridgehead atoms. The number of carbonyl (C=O) groups is 1. The summed E-state index contributed by atoms with van der Waals surface area (Å²) >= 11 is 6.03. The smallest absolute Gasteiger partial charge is 0.241 e. The van der Waals surface area contributed by atoms with E-state index in [9.17, 15) is 9.18 Å². The van der Waals surface area contributed by atoms with E-state index in [0.29, 0.717) is 11.1 Å². The number of hydrogen-bond acceptors (Lipinski definition) is 3. The van der Waals surface area contributed by atoms with Gasteiger partial charge in [-0.3, -0.25) is 9.69 Å². The number of hydrogen-bond donors (Lipinski definition) is 2. The molecule has 0 aliphatic carbocycles. The number of anilines is 2. The van der Waals surface area contributed by atoms with E-state index in [0.717, 1.165) is 42.9 Å². The summed E-state index contributed by atoms with van der Waals surface area (Å²) in [5.74, 6) is -0.254. The number of nitrogens with zero attached hydrogens (tertiary/aromatic N) is 1. The van der Waals surface area contributed by atoms with E-state index >= 15 is 0 Å². The molecule has 27 heavy (non-hydrogen) atoms. The molecule has 0 radical (unpaired) electrons. The van der Waals surface area contributed by atoms with E-state index in [1.165, 1.54) is 12.1 Å². The Balaban J connectivity index is 1.51. The minimum absolute atomic E-state index is 0.0229. The Morgan fingerprint density at radius 1 is 1.19 bits per heavy atom. The van der Waals surface area contributed by atoms with Gasteiger partial charge >= 0.3 is 0 Å². The van der Waals surface area contributed by atoms with Gasteiger partial charge in [-0.1, -0.05) is 17.7 Å². The third-order valence-corrected chi connectivity index (χ3v) is 5.36. The number of halogens is 2. The van der Waals surface area contributed by atoms with Crippen molar-refractivity contribution in [1.82, 2.24) is 4.90 Å². The average molecular weight is 390 g/mol. The van der Waals surface area contributed by atoms with Gasteiger partial charge in [0, 0.05) is 35.5 Å². The summed E-state index contributed by atoms with van der Waals surface area (Å²) in [6, 6.07) is 12.0. The first-order valence-electron chi connectivity index (χ1n) is 9.25. The molecule has 1 heterocycles. The molecule has 1 unspecified atom stereocenters. The molecule has 2 aromatic carbocycles. The Bertz CT molecular complexity index is 789. The molecular formula is C21H25ClFN3O. The highest BCUT2D eigenvalue weighted by Gasteiger charge is 2.26. The van der Waals surface area contributed by atoms with Gasteiger partial charge in [0.05, 0.1) is 6.04 Å². The van der Waals surface area contributed by atoms with Crippen LogP contribution in [0.3, 0.4) is 0 Å². The topological polar surface area (TPSA) is 44.4 Å². The first kappa shape index (κ1) is 19.6. The van der Waals surface area contributed by atoms with E-state index in [4.69, 9.17) is 11.6 Å². The van der Waals surface area contributed by atoms with Crippen LogP contribution < -0.4 is 10.6 Å². The van der Waals surface area contributed by atoms with Gasteiger partial charge in [0.15, 0.2) is 0 Å². The van der Waals surface area contributed by atoms with Gasteiger partial charge < -0.3 is 10.6 Å². The minimum atomic E-state index is -0.231. The van der Waals surface area contributed by atoms with Crippen molar-refractivity contribution in [3.63, 3.8) is 0 Å². The monoisotopic (exact) mass is 389 g/mol. The largest absolute Gasteiger partial charge is 0.382 e. The number of rotatable bonds is 5. The molecule has 1 aliphatic heterocycles. The molecule has 1 saturated heterocycles. The Morgan fingerprint density at radius 2 is 1.85 bits per heavy atom. The second kappa shape index (κ2) is 8.72. The molecule has 144 valence electrons. The Morgan fingerprint density at radius 3 is 2.52 bits per heavy atom. The highest BCUT2D eigenvalue weighted by Crippen LogP contribution is 2.22. The standard InChI is InChI=1S/C21H25ClFN3O/c1-14-3-4-16(22)13-20(14)25-21(27)15(2)26-11-9-19(10-12-26)24-18-7-5-17(23)6-8-18/h3-8,13,15,19,24H,9-12H2,1-2H3,(H,25,27).